The van der Waals surface area contributed by atoms with Gasteiger partial charge >= 0.3 is 0 Å². The molecule has 0 radical (unpaired) electrons. The van der Waals surface area contributed by atoms with Crippen molar-refractivity contribution in [2.45, 2.75) is 0 Å². The van der Waals surface area contributed by atoms with E-state index in [1.165, 1.54) is 64.6 Å². The van der Waals surface area contributed by atoms with E-state index >= 15 is 0 Å². The fourth-order valence-corrected chi connectivity index (χ4v) is 19.1. The van der Waals surface area contributed by atoms with Gasteiger partial charge in [0.15, 0.2) is 11.2 Å². The molecule has 0 aliphatic heterocycles. The van der Waals surface area contributed by atoms with Crippen LogP contribution in [-0.4, -0.2) is 9.97 Å². The molecule has 0 saturated heterocycles. The van der Waals surface area contributed by atoms with Gasteiger partial charge in [0.2, 0.25) is 0 Å². The Hall–Kier alpha value is -16.3. The zero-order valence-electron chi connectivity index (χ0n) is 66.2. The van der Waals surface area contributed by atoms with Crippen molar-refractivity contribution < 1.29 is 8.83 Å². The predicted octanol–water partition coefficient (Wildman–Crippen LogP) is 32.7. The smallest absolute Gasteiger partial charge is 0.159 e. The maximum atomic E-state index is 7.30. The van der Waals surface area contributed by atoms with Gasteiger partial charge in [-0.2, -0.15) is 0 Å². The molecule has 0 aliphatic carbocycles. The summed E-state index contributed by atoms with van der Waals surface area (Å²) in [6.45, 7) is 0. The Morgan fingerprint density at radius 2 is 0.492 bits per heavy atom. The number of furan rings is 2. The van der Waals surface area contributed by atoms with Crippen LogP contribution in [0.2, 0.25) is 0 Å². The second kappa shape index (κ2) is 28.8. The molecule has 0 spiro atoms. The van der Waals surface area contributed by atoms with Gasteiger partial charge in [-0.25, -0.2) is 9.97 Å². The number of pyridine rings is 2. The molecule has 0 aliphatic rings. The number of aromatic nitrogens is 2. The van der Waals surface area contributed by atoms with Crippen molar-refractivity contribution >= 4 is 175 Å². The largest absolute Gasteiger partial charge is 0.453 e. The van der Waals surface area contributed by atoms with E-state index in [9.17, 15) is 0 Å². The van der Waals surface area contributed by atoms with Gasteiger partial charge in [-0.3, -0.25) is 0 Å². The monoisotopic (exact) mass is 1550 g/mol. The molecular formula is C116H72N4O2. The predicted molar refractivity (Wildman–Crippen MR) is 514 cm³/mol. The molecule has 0 amide bonds. The third kappa shape index (κ3) is 11.6. The summed E-state index contributed by atoms with van der Waals surface area (Å²) in [6, 6.07) is 156. The molecule has 0 fully saturated rings. The van der Waals surface area contributed by atoms with Crippen LogP contribution >= 0.6 is 0 Å². The first kappa shape index (κ1) is 70.0. The fraction of sp³-hybridized carbons (Fsp3) is 0. The molecule has 0 bridgehead atoms. The van der Waals surface area contributed by atoms with Crippen LogP contribution in [0.4, 0.5) is 34.1 Å². The normalized spacial score (nSPS) is 11.8. The van der Waals surface area contributed by atoms with Crippen molar-refractivity contribution in [3.05, 3.63) is 437 Å². The van der Waals surface area contributed by atoms with Crippen LogP contribution < -0.4 is 9.80 Å². The molecule has 25 rings (SSSR count). The topological polar surface area (TPSA) is 58.5 Å². The number of anilines is 6. The molecule has 0 N–H and O–H groups in total. The maximum Gasteiger partial charge on any atom is 0.159 e. The number of nitrogens with zero attached hydrogens (tertiary/aromatic N) is 4. The molecular weight excluding hydrogens is 1480 g/mol. The second-order valence-corrected chi connectivity index (χ2v) is 31.7. The minimum atomic E-state index is 0.838. The number of fused-ring (bicyclic) bond motifs is 15. The van der Waals surface area contributed by atoms with Gasteiger partial charge < -0.3 is 18.6 Å². The van der Waals surface area contributed by atoms with Crippen LogP contribution in [0.3, 0.4) is 0 Å². The summed E-state index contributed by atoms with van der Waals surface area (Å²) < 4.78 is 14.6. The van der Waals surface area contributed by atoms with E-state index in [1.54, 1.807) is 0 Å². The van der Waals surface area contributed by atoms with Crippen molar-refractivity contribution in [2.24, 2.45) is 0 Å². The van der Waals surface area contributed by atoms with E-state index in [4.69, 9.17) is 18.8 Å². The minimum Gasteiger partial charge on any atom is -0.453 e. The molecule has 0 saturated carbocycles. The maximum absolute atomic E-state index is 7.30. The van der Waals surface area contributed by atoms with Crippen molar-refractivity contribution in [3.63, 3.8) is 0 Å². The van der Waals surface area contributed by atoms with Gasteiger partial charge in [0, 0.05) is 76.7 Å². The Kier molecular flexibility index (Phi) is 16.5. The first-order valence-corrected chi connectivity index (χ1v) is 41.7. The Balaban J connectivity index is 0.000000156. The number of rotatable bonds is 12. The number of benzene rings is 21. The van der Waals surface area contributed by atoms with Gasteiger partial charge in [-0.1, -0.05) is 352 Å². The molecule has 21 aromatic carbocycles. The van der Waals surface area contributed by atoms with E-state index in [2.05, 4.69) is 447 Å². The Morgan fingerprint density at radius 1 is 0.172 bits per heavy atom. The van der Waals surface area contributed by atoms with Crippen LogP contribution in [0, 0.1) is 0 Å². The van der Waals surface area contributed by atoms with Crippen LogP contribution in [0.25, 0.3) is 208 Å². The molecule has 25 aromatic rings. The molecule has 0 unspecified atom stereocenters. The fourth-order valence-electron chi connectivity index (χ4n) is 19.1. The summed E-state index contributed by atoms with van der Waals surface area (Å²) in [6.07, 6.45) is 0. The van der Waals surface area contributed by atoms with Gasteiger partial charge in [0.1, 0.15) is 11.2 Å². The van der Waals surface area contributed by atoms with E-state index in [0.29, 0.717) is 0 Å². The molecule has 568 valence electrons. The Bertz CT molecular complexity index is 7950. The summed E-state index contributed by atoms with van der Waals surface area (Å²) >= 11 is 0. The van der Waals surface area contributed by atoms with Crippen LogP contribution in [0.15, 0.2) is 446 Å². The van der Waals surface area contributed by atoms with Crippen molar-refractivity contribution in [3.8, 4) is 67.0 Å². The summed E-state index contributed by atoms with van der Waals surface area (Å²) in [7, 11) is 0. The summed E-state index contributed by atoms with van der Waals surface area (Å²) in [5.74, 6) is 0. The standard InChI is InChI=1S/C72H44N2O2.C44H28N2/c1-5-19-45(20-6-1)59-43-49-23-13-15-29-53(49)67-57-31-17-33-63(69(57)75-71(59)67)73(51-25-9-3-10-26-51)61-41-37-47-36-40-56-62(42-38-48-35-39-55(61)65(47)66(48)56)74(52-27-11-4-12-28-52)64-34-18-32-58-68-54-30-16-14-24-50(54)44-60(72(68)76-70(58)64)46-21-7-2-8-22-46;1-3-13-31(14-4-1)39-27-41(35-21-19-29-11-7-9-17-33(29)25-35)45-43-37(39)23-24-38-40(32-15-5-2-6-16-32)28-42(46-44(38)43)36-22-20-30-12-8-10-18-34(30)26-36/h1-44H;1-28H. The number of hydrogen-bond acceptors (Lipinski definition) is 6. The zero-order chi connectivity index (χ0) is 80.3. The van der Waals surface area contributed by atoms with Crippen molar-refractivity contribution in [2.75, 3.05) is 9.80 Å². The lowest BCUT2D eigenvalue weighted by atomic mass is 9.91. The molecule has 6 heteroatoms. The molecule has 0 atom stereocenters. The first-order valence-electron chi connectivity index (χ1n) is 41.7. The molecule has 6 nitrogen and oxygen atoms in total. The van der Waals surface area contributed by atoms with E-state index in [0.717, 1.165) is 178 Å². The van der Waals surface area contributed by atoms with Gasteiger partial charge in [-0.05, 0) is 183 Å². The van der Waals surface area contributed by atoms with Gasteiger partial charge in [-0.15, -0.1) is 0 Å². The van der Waals surface area contributed by atoms with E-state index in [1.807, 2.05) is 0 Å². The number of hydrogen-bond donors (Lipinski definition) is 0. The Morgan fingerprint density at radius 3 is 0.893 bits per heavy atom. The van der Waals surface area contributed by atoms with E-state index < -0.39 is 0 Å². The highest BCUT2D eigenvalue weighted by atomic mass is 16.3. The highest BCUT2D eigenvalue weighted by Gasteiger charge is 2.29. The zero-order valence-corrected chi connectivity index (χ0v) is 66.2. The third-order valence-corrected chi connectivity index (χ3v) is 24.7. The van der Waals surface area contributed by atoms with Crippen LogP contribution in [0.1, 0.15) is 0 Å². The second-order valence-electron chi connectivity index (χ2n) is 31.7. The highest BCUT2D eigenvalue weighted by Crippen LogP contribution is 2.54. The lowest BCUT2D eigenvalue weighted by Gasteiger charge is -2.29. The van der Waals surface area contributed by atoms with Crippen molar-refractivity contribution in [1.29, 1.82) is 0 Å². The summed E-state index contributed by atoms with van der Waals surface area (Å²) in [5, 5.41) is 23.2. The lowest BCUT2D eigenvalue weighted by Crippen LogP contribution is -2.11. The first-order chi connectivity index (χ1) is 60.5. The molecule has 4 aromatic heterocycles. The SMILES string of the molecule is c1ccc(-c2cc(-c3ccc4ccccc4c3)nc3c2ccc2c(-c4ccccc4)cc(-c4ccc5ccccc5c4)nc23)cc1.c1ccc(-c2cc3ccccc3c3c2oc2c(N(c4ccccc4)c4ccc5ccc6c(N(c7ccccc7)c7cccc8c7oc7c(-c9ccccc9)cc9ccccc9c78)ccc7ccc4c5c76)cccc23)cc1. The number of para-hydroxylation sites is 4. The van der Waals surface area contributed by atoms with Gasteiger partial charge in [0.25, 0.3) is 0 Å². The van der Waals surface area contributed by atoms with E-state index in [-0.39, 0.29) is 0 Å². The molecule has 4 heterocycles. The lowest BCUT2D eigenvalue weighted by molar-refractivity contribution is 0.670. The average molecular weight is 1550 g/mol. The highest BCUT2D eigenvalue weighted by molar-refractivity contribution is 6.31. The quantitative estimate of drug-likeness (QED) is 0.114. The van der Waals surface area contributed by atoms with Crippen LogP contribution in [-0.2, 0) is 0 Å². The third-order valence-electron chi connectivity index (χ3n) is 24.7. The van der Waals surface area contributed by atoms with Crippen molar-refractivity contribution in [1.82, 2.24) is 9.97 Å². The average Bonchev–Trinajstić information content (AvgIpc) is 1.09. The minimum absolute atomic E-state index is 0.838. The molecule has 122 heavy (non-hydrogen) atoms. The van der Waals surface area contributed by atoms with Gasteiger partial charge in [0.05, 0.1) is 45.2 Å². The van der Waals surface area contributed by atoms with Crippen LogP contribution in [0.5, 0.6) is 0 Å². The Labute approximate surface area is 702 Å². The summed E-state index contributed by atoms with van der Waals surface area (Å²) in [4.78, 5) is 15.6. The summed E-state index contributed by atoms with van der Waals surface area (Å²) in [5.41, 5.74) is 24.4.